The van der Waals surface area contributed by atoms with Crippen LogP contribution in [0.2, 0.25) is 20.1 Å². The van der Waals surface area contributed by atoms with E-state index in [2.05, 4.69) is 16.0 Å². The molecule has 0 aromatic heterocycles. The lowest BCUT2D eigenvalue weighted by Crippen LogP contribution is -2.18. The van der Waals surface area contributed by atoms with Crippen LogP contribution >= 0.6 is 69.6 Å². The van der Waals surface area contributed by atoms with Crippen molar-refractivity contribution in [1.29, 1.82) is 0 Å². The molecule has 3 aromatic carbocycles. The molecule has 1 fully saturated rings. The van der Waals surface area contributed by atoms with Crippen LogP contribution in [0.25, 0.3) is 0 Å². The zero-order valence-electron chi connectivity index (χ0n) is 19.4. The van der Waals surface area contributed by atoms with Gasteiger partial charge in [0.05, 0.1) is 42.9 Å². The molecule has 2 atom stereocenters. The van der Waals surface area contributed by atoms with Crippen molar-refractivity contribution in [2.24, 2.45) is 5.92 Å². The Kier molecular flexibility index (Phi) is 8.57. The van der Waals surface area contributed by atoms with E-state index in [1.54, 1.807) is 0 Å². The normalized spacial score (nSPS) is 17.4. The summed E-state index contributed by atoms with van der Waals surface area (Å²) in [5.74, 6) is -5.69. The first kappa shape index (κ1) is 29.6. The van der Waals surface area contributed by atoms with Crippen molar-refractivity contribution >= 4 is 104 Å². The summed E-state index contributed by atoms with van der Waals surface area (Å²) in [5, 5.41) is 7.57. The van der Waals surface area contributed by atoms with Crippen LogP contribution in [0.3, 0.4) is 0 Å². The minimum Gasteiger partial charge on any atom is -0.326 e. The van der Waals surface area contributed by atoms with Crippen LogP contribution in [0.5, 0.6) is 0 Å². The maximum atomic E-state index is 14.3. The molecule has 6 nitrogen and oxygen atoms in total. The third-order valence-electron chi connectivity index (χ3n) is 5.80. The minimum absolute atomic E-state index is 0. The van der Waals surface area contributed by atoms with Crippen molar-refractivity contribution < 1.29 is 27.4 Å². The first-order chi connectivity index (χ1) is 18.2. The summed E-state index contributed by atoms with van der Waals surface area (Å²) in [6, 6.07) is 8.50. The first-order valence-corrected chi connectivity index (χ1v) is 13.2. The van der Waals surface area contributed by atoms with Gasteiger partial charge in [-0.3, -0.25) is 14.4 Å². The molecule has 1 aliphatic carbocycles. The number of benzene rings is 3. The number of alkyl halides is 2. The lowest BCUT2D eigenvalue weighted by Gasteiger charge is -2.12. The lowest BCUT2D eigenvalue weighted by molar-refractivity contribution is -0.117. The Hall–Kier alpha value is -2.33. The van der Waals surface area contributed by atoms with Crippen LogP contribution in [0, 0.1) is 17.6 Å². The van der Waals surface area contributed by atoms with Gasteiger partial charge < -0.3 is 16.0 Å². The Morgan fingerprint density at radius 3 is 2.00 bits per heavy atom. The second-order valence-electron chi connectivity index (χ2n) is 8.56. The van der Waals surface area contributed by atoms with Gasteiger partial charge in [-0.25, -0.2) is 8.78 Å². The Balaban J connectivity index is 0.00000294. The number of carbonyl (C=O) groups excluding carboxylic acids is 3. The van der Waals surface area contributed by atoms with Gasteiger partial charge in [0.2, 0.25) is 11.8 Å². The Labute approximate surface area is 255 Å². The van der Waals surface area contributed by atoms with E-state index in [1.807, 2.05) is 0 Å². The molecule has 1 saturated carbocycles. The van der Waals surface area contributed by atoms with Gasteiger partial charge in [0.15, 0.2) is 0 Å². The monoisotopic (exact) mass is 659 g/mol. The molecule has 0 radical (unpaired) electrons. The van der Waals surface area contributed by atoms with Crippen molar-refractivity contribution in [3.63, 3.8) is 0 Å². The van der Waals surface area contributed by atoms with Crippen molar-refractivity contribution in [1.82, 2.24) is 0 Å². The van der Waals surface area contributed by atoms with Crippen molar-refractivity contribution in [3.8, 4) is 0 Å². The Morgan fingerprint density at radius 2 is 1.41 bits per heavy atom. The van der Waals surface area contributed by atoms with Crippen LogP contribution in [0.4, 0.5) is 25.8 Å². The predicted molar refractivity (Wildman–Crippen MR) is 157 cm³/mol. The van der Waals surface area contributed by atoms with E-state index < -0.39 is 51.2 Å². The number of carbonyl (C=O) groups is 3. The summed E-state index contributed by atoms with van der Waals surface area (Å²) >= 11 is 37.1. The number of nitrogens with one attached hydrogen (secondary N) is 3. The van der Waals surface area contributed by atoms with E-state index in [0.717, 1.165) is 13.0 Å². The van der Waals surface area contributed by atoms with Crippen molar-refractivity contribution in [2.75, 3.05) is 16.0 Å². The van der Waals surface area contributed by atoms with Crippen LogP contribution in [-0.4, -0.2) is 22.1 Å². The van der Waals surface area contributed by atoms with Gasteiger partial charge in [-0.15, -0.1) is 23.2 Å². The number of hydrogen-bond donors (Lipinski definition) is 3. The molecule has 0 aliphatic heterocycles. The summed E-state index contributed by atoms with van der Waals surface area (Å²) in [7, 11) is 0. The van der Waals surface area contributed by atoms with Gasteiger partial charge in [0, 0.05) is 28.9 Å². The summed E-state index contributed by atoms with van der Waals surface area (Å²) in [6.07, 6.45) is 0. The quantitative estimate of drug-likeness (QED) is 0.182. The molecule has 39 heavy (non-hydrogen) atoms. The van der Waals surface area contributed by atoms with Gasteiger partial charge >= 0.3 is 0 Å². The molecule has 0 heterocycles. The van der Waals surface area contributed by atoms with Gasteiger partial charge in [-0.05, 0) is 42.0 Å². The fourth-order valence-electron chi connectivity index (χ4n) is 3.94. The number of amides is 3. The van der Waals surface area contributed by atoms with E-state index in [-0.39, 0.29) is 41.3 Å². The molecule has 3 aromatic rings. The molecule has 3 N–H and O–H groups in total. The van der Waals surface area contributed by atoms with Crippen LogP contribution < -0.4 is 16.0 Å². The fraction of sp³-hybridized carbons (Fsp3) is 0.160. The molecule has 0 unspecified atom stereocenters. The number of hydrogen-bond acceptors (Lipinski definition) is 3. The van der Waals surface area contributed by atoms with E-state index in [4.69, 9.17) is 69.6 Å². The molecule has 0 saturated heterocycles. The van der Waals surface area contributed by atoms with E-state index in [0.29, 0.717) is 11.6 Å². The number of anilines is 3. The average Bonchev–Trinajstić information content (AvgIpc) is 3.43. The number of rotatable bonds is 6. The highest BCUT2D eigenvalue weighted by atomic mass is 35.5. The predicted octanol–water partition coefficient (Wildman–Crippen LogP) is 9.05. The Bertz CT molecular complexity index is 1530. The summed E-state index contributed by atoms with van der Waals surface area (Å²) in [6.45, 7) is 1.14. The molecular formula is C25H21Cl6F2N3O3. The highest BCUT2D eigenvalue weighted by Crippen LogP contribution is 2.65. The lowest BCUT2D eigenvalue weighted by atomic mass is 10.1. The van der Waals surface area contributed by atoms with Crippen LogP contribution in [0.15, 0.2) is 42.5 Å². The zero-order valence-corrected chi connectivity index (χ0v) is 24.0. The molecule has 14 heteroatoms. The standard InChI is InChI=1S/C25H15Cl6F2N3O3.3H2/c1-9(37)34-18-8-19(17(33)7-16(18)32)36-23(38)12-6-11(2-3-13(12)26)35-24(39)21-20(25(21,30)31)10-4-14(27)22(29)15(28)5-10;;;/h2-8,20-21H,1H3,(H,34,37)(H,35,39)(H,36,38);3*1H/t20-,21+;;;/m0.../s1. The van der Waals surface area contributed by atoms with Gasteiger partial charge in [-0.1, -0.05) is 46.4 Å². The molecular weight excluding hydrogens is 641 g/mol. The SMILES string of the molecule is CC(=O)Nc1cc(NC(=O)c2cc(NC(=O)[C@H]3[C@H](c4cc(Cl)c(Cl)c(Cl)c4)C3(Cl)Cl)ccc2Cl)c(F)cc1F.[HH].[HH].[HH]. The van der Waals surface area contributed by atoms with Crippen LogP contribution in [-0.2, 0) is 9.59 Å². The fourth-order valence-corrected chi connectivity index (χ4v) is 5.58. The van der Waals surface area contributed by atoms with Crippen molar-refractivity contribution in [2.45, 2.75) is 17.2 Å². The second kappa shape index (κ2) is 11.3. The maximum Gasteiger partial charge on any atom is 0.257 e. The largest absolute Gasteiger partial charge is 0.326 e. The van der Waals surface area contributed by atoms with Gasteiger partial charge in [0.25, 0.3) is 5.91 Å². The average molecular weight is 662 g/mol. The minimum atomic E-state index is -1.47. The van der Waals surface area contributed by atoms with Gasteiger partial charge in [0.1, 0.15) is 16.0 Å². The Morgan fingerprint density at radius 1 is 0.821 bits per heavy atom. The zero-order chi connectivity index (χ0) is 28.8. The highest BCUT2D eigenvalue weighted by molar-refractivity contribution is 6.54. The third-order valence-corrected chi connectivity index (χ3v) is 8.26. The van der Waals surface area contributed by atoms with E-state index in [1.165, 1.54) is 30.3 Å². The molecule has 210 valence electrons. The smallest absolute Gasteiger partial charge is 0.257 e. The third kappa shape index (κ3) is 6.21. The summed E-state index contributed by atoms with van der Waals surface area (Å²) in [5.41, 5.74) is -0.207. The van der Waals surface area contributed by atoms with Gasteiger partial charge in [-0.2, -0.15) is 0 Å². The number of halogens is 8. The molecule has 1 aliphatic rings. The summed E-state index contributed by atoms with van der Waals surface area (Å²) < 4.78 is 26.8. The molecule has 4 rings (SSSR count). The summed E-state index contributed by atoms with van der Waals surface area (Å²) in [4.78, 5) is 37.2. The molecule has 0 bridgehead atoms. The molecule has 0 spiro atoms. The van der Waals surface area contributed by atoms with Crippen LogP contribution in [0.1, 0.15) is 33.0 Å². The van der Waals surface area contributed by atoms with Crippen molar-refractivity contribution in [3.05, 3.63) is 85.3 Å². The second-order valence-corrected chi connectivity index (χ2v) is 11.6. The van der Waals surface area contributed by atoms with E-state index >= 15 is 0 Å². The first-order valence-electron chi connectivity index (χ1n) is 10.9. The topological polar surface area (TPSA) is 87.3 Å². The molecule has 3 amide bonds. The highest BCUT2D eigenvalue weighted by Gasteiger charge is 2.67. The maximum absolute atomic E-state index is 14.3. The van der Waals surface area contributed by atoms with E-state index in [9.17, 15) is 23.2 Å².